The molecule has 0 aliphatic heterocycles. The number of rotatable bonds is 6. The molecule has 1 fully saturated rings. The zero-order valence-electron chi connectivity index (χ0n) is 9.54. The van der Waals surface area contributed by atoms with Gasteiger partial charge >= 0.3 is 0 Å². The van der Waals surface area contributed by atoms with Crippen LogP contribution in [0.1, 0.15) is 38.2 Å². The van der Waals surface area contributed by atoms with E-state index in [-0.39, 0.29) is 0 Å². The van der Waals surface area contributed by atoms with Gasteiger partial charge in [0.15, 0.2) is 0 Å². The van der Waals surface area contributed by atoms with Crippen LogP contribution in [0.5, 0.6) is 0 Å². The van der Waals surface area contributed by atoms with E-state index in [0.29, 0.717) is 0 Å². The molecular formula is C13H21NS. The maximum absolute atomic E-state index is 3.65. The first-order valence-electron chi connectivity index (χ1n) is 6.09. The summed E-state index contributed by atoms with van der Waals surface area (Å²) in [6, 6.07) is 3.09. The molecular weight excluding hydrogens is 202 g/mol. The summed E-state index contributed by atoms with van der Waals surface area (Å²) in [6.07, 6.45) is 6.79. The molecule has 1 aliphatic carbocycles. The second-order valence-corrected chi connectivity index (χ2v) is 5.59. The molecule has 0 aromatic carbocycles. The third-order valence-corrected chi connectivity index (χ3v) is 4.10. The lowest BCUT2D eigenvalue weighted by Gasteiger charge is -2.28. The van der Waals surface area contributed by atoms with Gasteiger partial charge in [-0.15, -0.1) is 0 Å². The van der Waals surface area contributed by atoms with Gasteiger partial charge < -0.3 is 5.32 Å². The zero-order valence-corrected chi connectivity index (χ0v) is 10.4. The molecule has 0 radical (unpaired) electrons. The highest BCUT2D eigenvalue weighted by Gasteiger charge is 2.16. The van der Waals surface area contributed by atoms with Crippen molar-refractivity contribution in [3.8, 4) is 0 Å². The Hall–Kier alpha value is -0.340. The van der Waals surface area contributed by atoms with E-state index in [0.717, 1.165) is 12.0 Å². The third kappa shape index (κ3) is 3.62. The Morgan fingerprint density at radius 2 is 2.40 bits per heavy atom. The van der Waals surface area contributed by atoms with E-state index < -0.39 is 0 Å². The van der Waals surface area contributed by atoms with Crippen LogP contribution >= 0.6 is 11.3 Å². The van der Waals surface area contributed by atoms with Crippen molar-refractivity contribution >= 4 is 11.3 Å². The summed E-state index contributed by atoms with van der Waals surface area (Å²) in [7, 11) is 0. The Bertz CT molecular complexity index is 264. The molecule has 2 rings (SSSR count). The number of hydrogen-bond donors (Lipinski definition) is 1. The van der Waals surface area contributed by atoms with Crippen molar-refractivity contribution in [2.24, 2.45) is 5.92 Å². The average molecular weight is 223 g/mol. The van der Waals surface area contributed by atoms with E-state index >= 15 is 0 Å². The van der Waals surface area contributed by atoms with Gasteiger partial charge in [-0.1, -0.05) is 13.3 Å². The average Bonchev–Trinajstić information content (AvgIpc) is 2.64. The smallest absolute Gasteiger partial charge is 0.00671 e. The number of aryl methyl sites for hydroxylation is 1. The Kier molecular flexibility index (Phi) is 4.21. The van der Waals surface area contributed by atoms with E-state index in [9.17, 15) is 0 Å². The van der Waals surface area contributed by atoms with Crippen molar-refractivity contribution in [3.63, 3.8) is 0 Å². The number of hydrogen-bond acceptors (Lipinski definition) is 2. The van der Waals surface area contributed by atoms with Crippen molar-refractivity contribution < 1.29 is 0 Å². The molecule has 1 nitrogen and oxygen atoms in total. The lowest BCUT2D eigenvalue weighted by atomic mass is 9.92. The minimum atomic E-state index is 0.811. The molecule has 1 aliphatic rings. The molecule has 0 spiro atoms. The van der Waals surface area contributed by atoms with Crippen molar-refractivity contribution in [3.05, 3.63) is 22.4 Å². The van der Waals surface area contributed by atoms with Gasteiger partial charge in [-0.25, -0.2) is 0 Å². The van der Waals surface area contributed by atoms with Crippen LogP contribution in [0, 0.1) is 5.92 Å². The van der Waals surface area contributed by atoms with Crippen LogP contribution in [0.3, 0.4) is 0 Å². The van der Waals surface area contributed by atoms with Gasteiger partial charge in [0, 0.05) is 6.04 Å². The summed E-state index contributed by atoms with van der Waals surface area (Å²) >= 11 is 1.81. The van der Waals surface area contributed by atoms with Crippen LogP contribution in [0.25, 0.3) is 0 Å². The fraction of sp³-hybridized carbons (Fsp3) is 0.692. The molecule has 1 atom stereocenters. The molecule has 1 heterocycles. The lowest BCUT2D eigenvalue weighted by molar-refractivity contribution is 0.317. The highest BCUT2D eigenvalue weighted by atomic mass is 32.1. The zero-order chi connectivity index (χ0) is 10.5. The molecule has 15 heavy (non-hydrogen) atoms. The van der Waals surface area contributed by atoms with Crippen LogP contribution < -0.4 is 5.32 Å². The summed E-state index contributed by atoms with van der Waals surface area (Å²) in [5, 5.41) is 8.09. The number of nitrogens with one attached hydrogen (secondary N) is 1. The van der Waals surface area contributed by atoms with E-state index in [2.05, 4.69) is 29.1 Å². The molecule has 0 amide bonds. The molecule has 2 heteroatoms. The second-order valence-electron chi connectivity index (χ2n) is 4.81. The van der Waals surface area contributed by atoms with Crippen LogP contribution in [0.4, 0.5) is 0 Å². The summed E-state index contributed by atoms with van der Waals surface area (Å²) in [4.78, 5) is 0. The normalized spacial score (nSPS) is 18.7. The van der Waals surface area contributed by atoms with Crippen molar-refractivity contribution in [1.29, 1.82) is 0 Å². The van der Waals surface area contributed by atoms with Crippen LogP contribution in [-0.2, 0) is 6.42 Å². The first-order chi connectivity index (χ1) is 7.34. The highest BCUT2D eigenvalue weighted by Crippen LogP contribution is 2.19. The fourth-order valence-corrected chi connectivity index (χ4v) is 2.63. The molecule has 1 saturated carbocycles. The van der Waals surface area contributed by atoms with Crippen molar-refractivity contribution in [2.45, 2.75) is 45.1 Å². The summed E-state index contributed by atoms with van der Waals surface area (Å²) in [5.74, 6) is 0.811. The Morgan fingerprint density at radius 3 is 3.00 bits per heavy atom. The van der Waals surface area contributed by atoms with Crippen LogP contribution in [0.2, 0.25) is 0 Å². The van der Waals surface area contributed by atoms with Gasteiger partial charge in [0.1, 0.15) is 0 Å². The Balaban J connectivity index is 1.57. The van der Waals surface area contributed by atoms with Gasteiger partial charge in [0.25, 0.3) is 0 Å². The van der Waals surface area contributed by atoms with Crippen LogP contribution in [0.15, 0.2) is 16.8 Å². The standard InChI is InChI=1S/C13H21NS/c1-11(9-14-13-3-2-4-13)5-6-12-7-8-15-10-12/h7-8,10-11,13-14H,2-6,9H2,1H3. The maximum Gasteiger partial charge on any atom is 0.00671 e. The fourth-order valence-electron chi connectivity index (χ4n) is 1.93. The van der Waals surface area contributed by atoms with E-state index in [4.69, 9.17) is 0 Å². The molecule has 0 saturated heterocycles. The van der Waals surface area contributed by atoms with Gasteiger partial charge in [0.2, 0.25) is 0 Å². The molecule has 1 aromatic rings. The molecule has 0 bridgehead atoms. The largest absolute Gasteiger partial charge is 0.314 e. The second kappa shape index (κ2) is 5.66. The molecule has 1 N–H and O–H groups in total. The Labute approximate surface area is 96.9 Å². The molecule has 84 valence electrons. The highest BCUT2D eigenvalue weighted by molar-refractivity contribution is 7.07. The summed E-state index contributed by atoms with van der Waals surface area (Å²) in [5.41, 5.74) is 1.51. The topological polar surface area (TPSA) is 12.0 Å². The van der Waals surface area contributed by atoms with Gasteiger partial charge in [-0.05, 0) is 60.5 Å². The van der Waals surface area contributed by atoms with Gasteiger partial charge in [0.05, 0.1) is 0 Å². The maximum atomic E-state index is 3.65. The van der Waals surface area contributed by atoms with E-state index in [1.54, 1.807) is 11.3 Å². The summed E-state index contributed by atoms with van der Waals surface area (Å²) in [6.45, 7) is 3.56. The third-order valence-electron chi connectivity index (χ3n) is 3.37. The summed E-state index contributed by atoms with van der Waals surface area (Å²) < 4.78 is 0. The van der Waals surface area contributed by atoms with Gasteiger partial charge in [-0.3, -0.25) is 0 Å². The first kappa shape index (κ1) is 11.2. The van der Waals surface area contributed by atoms with E-state index in [1.165, 1.54) is 44.2 Å². The molecule has 1 unspecified atom stereocenters. The van der Waals surface area contributed by atoms with Crippen LogP contribution in [-0.4, -0.2) is 12.6 Å². The van der Waals surface area contributed by atoms with E-state index in [1.807, 2.05) is 0 Å². The SMILES string of the molecule is CC(CCc1ccsc1)CNC1CCC1. The predicted octanol–water partition coefficient (Wildman–Crippen LogP) is 3.46. The predicted molar refractivity (Wildman–Crippen MR) is 67.4 cm³/mol. The lowest BCUT2D eigenvalue weighted by Crippen LogP contribution is -2.37. The van der Waals surface area contributed by atoms with Crippen molar-refractivity contribution in [1.82, 2.24) is 5.32 Å². The minimum Gasteiger partial charge on any atom is -0.314 e. The van der Waals surface area contributed by atoms with Gasteiger partial charge in [-0.2, -0.15) is 11.3 Å². The van der Waals surface area contributed by atoms with Crippen molar-refractivity contribution in [2.75, 3.05) is 6.54 Å². The Morgan fingerprint density at radius 1 is 1.53 bits per heavy atom. The number of thiophene rings is 1. The minimum absolute atomic E-state index is 0.811. The monoisotopic (exact) mass is 223 g/mol. The quantitative estimate of drug-likeness (QED) is 0.779. The molecule has 1 aromatic heterocycles. The first-order valence-corrected chi connectivity index (χ1v) is 7.03.